The van der Waals surface area contributed by atoms with Gasteiger partial charge in [0.1, 0.15) is 0 Å². The smallest absolute Gasteiger partial charge is 0.0747 e. The molecule has 0 aromatic carbocycles. The van der Waals surface area contributed by atoms with Gasteiger partial charge in [0, 0.05) is 23.3 Å². The van der Waals surface area contributed by atoms with Gasteiger partial charge < -0.3 is 4.98 Å². The van der Waals surface area contributed by atoms with Gasteiger partial charge in [0.25, 0.3) is 0 Å². The number of fused-ring (bicyclic) bond motifs is 1. The number of alkyl halides is 1. The Hall–Kier alpha value is -0.400. The largest absolute Gasteiger partial charge is 0.364 e. The third-order valence-electron chi connectivity index (χ3n) is 2.68. The Morgan fingerprint density at radius 1 is 1.53 bits per heavy atom. The van der Waals surface area contributed by atoms with E-state index in [1.807, 2.05) is 6.08 Å². The van der Waals surface area contributed by atoms with Crippen LogP contribution >= 0.6 is 23.2 Å². The van der Waals surface area contributed by atoms with Crippen molar-refractivity contribution >= 4 is 29.3 Å². The van der Waals surface area contributed by atoms with Gasteiger partial charge in [0.2, 0.25) is 0 Å². The van der Waals surface area contributed by atoms with E-state index in [0.717, 1.165) is 17.9 Å². The van der Waals surface area contributed by atoms with Crippen molar-refractivity contribution in [2.75, 3.05) is 0 Å². The summed E-state index contributed by atoms with van der Waals surface area (Å²) in [6.07, 6.45) is 5.98. The van der Waals surface area contributed by atoms with Crippen LogP contribution in [0.15, 0.2) is 11.2 Å². The van der Waals surface area contributed by atoms with Gasteiger partial charge in [-0.1, -0.05) is 25.4 Å². The van der Waals surface area contributed by atoms with E-state index in [4.69, 9.17) is 23.2 Å². The summed E-state index contributed by atoms with van der Waals surface area (Å²) in [6.45, 7) is 4.44. The highest BCUT2D eigenvalue weighted by atomic mass is 35.5. The fourth-order valence-corrected chi connectivity index (χ4v) is 2.39. The van der Waals surface area contributed by atoms with Crippen LogP contribution < -0.4 is 0 Å². The third kappa shape index (κ3) is 2.24. The minimum absolute atomic E-state index is 0.0651. The summed E-state index contributed by atoms with van der Waals surface area (Å²) in [5.74, 6) is 0.658. The minimum atomic E-state index is -0.0651. The van der Waals surface area contributed by atoms with Gasteiger partial charge >= 0.3 is 0 Å². The lowest BCUT2D eigenvalue weighted by Gasteiger charge is -2.15. The second kappa shape index (κ2) is 4.23. The van der Waals surface area contributed by atoms with Crippen molar-refractivity contribution in [3.63, 3.8) is 0 Å². The Morgan fingerprint density at radius 2 is 2.27 bits per heavy atom. The zero-order chi connectivity index (χ0) is 11.0. The maximum absolute atomic E-state index is 6.09. The first-order valence-corrected chi connectivity index (χ1v) is 6.09. The van der Waals surface area contributed by atoms with Crippen molar-refractivity contribution in [3.05, 3.63) is 28.0 Å². The Labute approximate surface area is 100 Å². The maximum Gasteiger partial charge on any atom is 0.0747 e. The zero-order valence-corrected chi connectivity index (χ0v) is 10.5. The van der Waals surface area contributed by atoms with Gasteiger partial charge in [-0.2, -0.15) is 0 Å². The molecule has 0 saturated carbocycles. The van der Waals surface area contributed by atoms with Crippen LogP contribution in [0.5, 0.6) is 0 Å². The molecule has 1 aliphatic rings. The summed E-state index contributed by atoms with van der Waals surface area (Å²) in [6, 6.07) is 0. The molecular weight excluding hydrogens is 229 g/mol. The highest BCUT2D eigenvalue weighted by molar-refractivity contribution is 6.39. The molecule has 0 saturated heterocycles. The van der Waals surface area contributed by atoms with Crippen LogP contribution in [0, 0.1) is 5.92 Å². The standard InChI is InChI=1S/C12H15Cl2N/c1-7(2)3-8-6-15-12-5-11(14)10(13)4-9(8)12/h4,6-7,11,15H,3,5H2,1-2H3. The lowest BCUT2D eigenvalue weighted by molar-refractivity contribution is 0.647. The average Bonchev–Trinajstić information content (AvgIpc) is 2.49. The first-order valence-electron chi connectivity index (χ1n) is 5.28. The van der Waals surface area contributed by atoms with E-state index in [2.05, 4.69) is 25.0 Å². The molecule has 0 aliphatic heterocycles. The quantitative estimate of drug-likeness (QED) is 0.758. The summed E-state index contributed by atoms with van der Waals surface area (Å²) in [7, 11) is 0. The molecule has 0 spiro atoms. The molecule has 1 N–H and O–H groups in total. The molecule has 2 rings (SSSR count). The molecule has 1 nitrogen and oxygen atoms in total. The molecule has 1 atom stereocenters. The van der Waals surface area contributed by atoms with Crippen molar-refractivity contribution in [1.29, 1.82) is 0 Å². The zero-order valence-electron chi connectivity index (χ0n) is 8.98. The fourth-order valence-electron chi connectivity index (χ4n) is 1.99. The van der Waals surface area contributed by atoms with E-state index in [1.165, 1.54) is 16.8 Å². The number of aromatic amines is 1. The van der Waals surface area contributed by atoms with E-state index < -0.39 is 0 Å². The molecule has 1 heterocycles. The first-order chi connectivity index (χ1) is 7.08. The monoisotopic (exact) mass is 243 g/mol. The van der Waals surface area contributed by atoms with Gasteiger partial charge in [-0.15, -0.1) is 11.6 Å². The predicted octanol–water partition coefficient (Wildman–Crippen LogP) is 3.96. The van der Waals surface area contributed by atoms with Crippen LogP contribution in [0.1, 0.15) is 30.7 Å². The van der Waals surface area contributed by atoms with Gasteiger partial charge in [-0.25, -0.2) is 0 Å². The van der Waals surface area contributed by atoms with Crippen molar-refractivity contribution in [2.45, 2.75) is 32.1 Å². The van der Waals surface area contributed by atoms with Crippen molar-refractivity contribution < 1.29 is 0 Å². The van der Waals surface area contributed by atoms with Crippen LogP contribution in [0.3, 0.4) is 0 Å². The Kier molecular flexibility index (Phi) is 3.13. The Bertz CT molecular complexity index is 390. The van der Waals surface area contributed by atoms with Gasteiger partial charge in [-0.3, -0.25) is 0 Å². The van der Waals surface area contributed by atoms with E-state index in [-0.39, 0.29) is 5.38 Å². The Morgan fingerprint density at radius 3 is 2.93 bits per heavy atom. The summed E-state index contributed by atoms with van der Waals surface area (Å²) in [4.78, 5) is 3.29. The van der Waals surface area contributed by atoms with Crippen LogP contribution in [0.25, 0.3) is 6.08 Å². The van der Waals surface area contributed by atoms with Gasteiger partial charge in [0.15, 0.2) is 0 Å². The fraction of sp³-hybridized carbons (Fsp3) is 0.500. The van der Waals surface area contributed by atoms with Crippen molar-refractivity contribution in [1.82, 2.24) is 4.98 Å². The molecular formula is C12H15Cl2N. The van der Waals surface area contributed by atoms with Crippen molar-refractivity contribution in [3.8, 4) is 0 Å². The van der Waals surface area contributed by atoms with Gasteiger partial charge in [-0.05, 0) is 29.5 Å². The topological polar surface area (TPSA) is 15.8 Å². The lowest BCUT2D eigenvalue weighted by Crippen LogP contribution is -2.10. The summed E-state index contributed by atoms with van der Waals surface area (Å²) >= 11 is 12.2. The van der Waals surface area contributed by atoms with Crippen LogP contribution in [0.2, 0.25) is 0 Å². The molecule has 0 amide bonds. The number of nitrogens with one attached hydrogen (secondary N) is 1. The molecule has 1 aromatic heterocycles. The second-order valence-electron chi connectivity index (χ2n) is 4.50. The number of halogens is 2. The highest BCUT2D eigenvalue weighted by Crippen LogP contribution is 2.32. The molecule has 0 bridgehead atoms. The number of hydrogen-bond donors (Lipinski definition) is 1. The van der Waals surface area contributed by atoms with E-state index in [0.29, 0.717) is 5.92 Å². The summed E-state index contributed by atoms with van der Waals surface area (Å²) in [5, 5.41) is 0.693. The maximum atomic E-state index is 6.09. The number of aromatic nitrogens is 1. The second-order valence-corrected chi connectivity index (χ2v) is 5.47. The molecule has 0 fully saturated rings. The molecule has 1 aliphatic carbocycles. The first kappa shape index (κ1) is 11.1. The number of hydrogen-bond acceptors (Lipinski definition) is 0. The van der Waals surface area contributed by atoms with E-state index in [9.17, 15) is 0 Å². The van der Waals surface area contributed by atoms with E-state index >= 15 is 0 Å². The third-order valence-corrected chi connectivity index (χ3v) is 3.56. The summed E-state index contributed by atoms with van der Waals surface area (Å²) in [5.41, 5.74) is 3.82. The molecule has 15 heavy (non-hydrogen) atoms. The SMILES string of the molecule is CC(C)Cc1c[nH]c2c1C=C(Cl)C(Cl)C2. The lowest BCUT2D eigenvalue weighted by atomic mass is 9.96. The molecule has 3 heteroatoms. The summed E-state index contributed by atoms with van der Waals surface area (Å²) < 4.78 is 0. The van der Waals surface area contributed by atoms with E-state index in [1.54, 1.807) is 0 Å². The van der Waals surface area contributed by atoms with Crippen LogP contribution in [-0.4, -0.2) is 10.4 Å². The molecule has 1 unspecified atom stereocenters. The average molecular weight is 244 g/mol. The molecule has 0 radical (unpaired) electrons. The van der Waals surface area contributed by atoms with Crippen LogP contribution in [-0.2, 0) is 12.8 Å². The predicted molar refractivity (Wildman–Crippen MR) is 66.5 cm³/mol. The number of allylic oxidation sites excluding steroid dienone is 1. The number of rotatable bonds is 2. The Balaban J connectivity index is 2.34. The molecule has 1 aromatic rings. The van der Waals surface area contributed by atoms with Crippen molar-refractivity contribution in [2.24, 2.45) is 5.92 Å². The minimum Gasteiger partial charge on any atom is -0.364 e. The van der Waals surface area contributed by atoms with Crippen LogP contribution in [0.4, 0.5) is 0 Å². The highest BCUT2D eigenvalue weighted by Gasteiger charge is 2.21. The normalized spacial score (nSPS) is 20.3. The number of H-pyrrole nitrogens is 1. The molecule has 82 valence electrons. The van der Waals surface area contributed by atoms with Gasteiger partial charge in [0.05, 0.1) is 5.38 Å².